The number of methoxy groups -OCH3 is 1. The summed E-state index contributed by atoms with van der Waals surface area (Å²) in [5, 5.41) is 18.2. The number of carbonyl (C=O) groups excluding carboxylic acids is 1. The van der Waals surface area contributed by atoms with Crippen molar-refractivity contribution in [3.8, 4) is 0 Å². The predicted molar refractivity (Wildman–Crippen MR) is 99.9 cm³/mol. The first-order valence-electron chi connectivity index (χ1n) is 8.93. The lowest BCUT2D eigenvalue weighted by molar-refractivity contribution is -0.384. The van der Waals surface area contributed by atoms with Crippen molar-refractivity contribution in [3.63, 3.8) is 0 Å². The number of hydrogen-bond donors (Lipinski definition) is 1. The van der Waals surface area contributed by atoms with Crippen LogP contribution in [0.1, 0.15) is 40.5 Å². The van der Waals surface area contributed by atoms with Gasteiger partial charge in [-0.2, -0.15) is 5.10 Å². The molecule has 10 nitrogen and oxygen atoms in total. The largest absolute Gasteiger partial charge is 0.444 e. The van der Waals surface area contributed by atoms with Crippen molar-refractivity contribution in [1.82, 2.24) is 15.1 Å². The van der Waals surface area contributed by atoms with E-state index in [1.807, 2.05) is 11.8 Å². The molecule has 0 aromatic carbocycles. The summed E-state index contributed by atoms with van der Waals surface area (Å²) in [5.74, 6) is 0.455. The van der Waals surface area contributed by atoms with Crippen molar-refractivity contribution in [2.24, 2.45) is 7.05 Å². The fourth-order valence-electron chi connectivity index (χ4n) is 3.28. The fraction of sp³-hybridized carbons (Fsp3) is 0.765. The maximum absolute atomic E-state index is 12.2. The highest BCUT2D eigenvalue weighted by atomic mass is 16.6. The van der Waals surface area contributed by atoms with Gasteiger partial charge in [-0.25, -0.2) is 9.48 Å². The van der Waals surface area contributed by atoms with E-state index in [9.17, 15) is 14.9 Å². The molecular formula is C17H29N5O5. The van der Waals surface area contributed by atoms with Gasteiger partial charge in [-0.3, -0.25) is 10.1 Å². The van der Waals surface area contributed by atoms with Crippen molar-refractivity contribution in [1.29, 1.82) is 0 Å². The molecule has 27 heavy (non-hydrogen) atoms. The Labute approximate surface area is 158 Å². The molecule has 2 rings (SSSR count). The summed E-state index contributed by atoms with van der Waals surface area (Å²) in [7, 11) is 3.28. The summed E-state index contributed by atoms with van der Waals surface area (Å²) >= 11 is 0. The Kier molecular flexibility index (Phi) is 5.98. The van der Waals surface area contributed by atoms with Gasteiger partial charge in [0.2, 0.25) is 5.82 Å². The number of rotatable bonds is 4. The van der Waals surface area contributed by atoms with Crippen LogP contribution in [0.4, 0.5) is 16.3 Å². The number of ether oxygens (including phenoxy) is 2. The third-order valence-corrected chi connectivity index (χ3v) is 4.85. The molecule has 0 bridgehead atoms. The minimum Gasteiger partial charge on any atom is -0.444 e. The van der Waals surface area contributed by atoms with Crippen LogP contribution in [0.3, 0.4) is 0 Å². The lowest BCUT2D eigenvalue weighted by Gasteiger charge is -2.35. The highest BCUT2D eigenvalue weighted by Crippen LogP contribution is 2.32. The van der Waals surface area contributed by atoms with E-state index in [1.54, 1.807) is 34.9 Å². The molecule has 10 heteroatoms. The van der Waals surface area contributed by atoms with Crippen LogP contribution in [0.25, 0.3) is 0 Å². The first-order chi connectivity index (χ1) is 12.5. The van der Waals surface area contributed by atoms with Crippen LogP contribution in [0, 0.1) is 10.1 Å². The molecule has 1 amide bonds. The summed E-state index contributed by atoms with van der Waals surface area (Å²) in [6, 6.07) is -0.297. The summed E-state index contributed by atoms with van der Waals surface area (Å²) in [5.41, 5.74) is -1.26. The Hall–Kier alpha value is -2.36. The molecule has 1 fully saturated rings. The lowest BCUT2D eigenvalue weighted by atomic mass is 9.91. The third-order valence-electron chi connectivity index (χ3n) is 4.85. The topological polar surface area (TPSA) is 112 Å². The van der Waals surface area contributed by atoms with E-state index in [0.717, 1.165) is 0 Å². The van der Waals surface area contributed by atoms with E-state index in [1.165, 1.54) is 10.9 Å². The SMILES string of the molecule is COC1(C)CCN(c2c([N+](=O)[O-])cnn2C)CCC1NC(=O)OC(C)(C)C. The molecule has 0 spiro atoms. The van der Waals surface area contributed by atoms with Crippen molar-refractivity contribution in [2.75, 3.05) is 25.1 Å². The maximum atomic E-state index is 12.2. The van der Waals surface area contributed by atoms with Crippen LogP contribution < -0.4 is 10.2 Å². The van der Waals surface area contributed by atoms with Gasteiger partial charge >= 0.3 is 11.8 Å². The van der Waals surface area contributed by atoms with E-state index in [2.05, 4.69) is 10.4 Å². The Morgan fingerprint density at radius 2 is 2.11 bits per heavy atom. The number of amides is 1. The molecule has 1 aromatic rings. The molecule has 1 aliphatic rings. The third kappa shape index (κ3) is 4.88. The van der Waals surface area contributed by atoms with Crippen molar-refractivity contribution in [2.45, 2.75) is 57.8 Å². The molecule has 152 valence electrons. The molecule has 2 heterocycles. The van der Waals surface area contributed by atoms with Crippen molar-refractivity contribution in [3.05, 3.63) is 16.3 Å². The minimum absolute atomic E-state index is 0.0322. The van der Waals surface area contributed by atoms with Crippen molar-refractivity contribution < 1.29 is 19.2 Å². The smallest absolute Gasteiger partial charge is 0.407 e. The Morgan fingerprint density at radius 3 is 2.67 bits per heavy atom. The number of anilines is 1. The van der Waals surface area contributed by atoms with Gasteiger partial charge in [-0.05, 0) is 40.5 Å². The van der Waals surface area contributed by atoms with Gasteiger partial charge in [0.05, 0.1) is 16.6 Å². The monoisotopic (exact) mass is 383 g/mol. The highest BCUT2D eigenvalue weighted by Gasteiger charge is 2.40. The molecule has 1 N–H and O–H groups in total. The Balaban J connectivity index is 2.20. The molecule has 1 saturated heterocycles. The zero-order chi connectivity index (χ0) is 20.4. The van der Waals surface area contributed by atoms with Crippen LogP contribution >= 0.6 is 0 Å². The fourth-order valence-corrected chi connectivity index (χ4v) is 3.28. The van der Waals surface area contributed by atoms with E-state index >= 15 is 0 Å². The number of hydrogen-bond acceptors (Lipinski definition) is 7. The Morgan fingerprint density at radius 1 is 1.44 bits per heavy atom. The molecule has 0 aliphatic carbocycles. The molecule has 2 unspecified atom stereocenters. The molecule has 2 atom stereocenters. The molecule has 1 aromatic heterocycles. The average Bonchev–Trinajstić information content (AvgIpc) is 2.86. The van der Waals surface area contributed by atoms with E-state index < -0.39 is 22.2 Å². The second-order valence-corrected chi connectivity index (χ2v) is 7.98. The van der Waals surface area contributed by atoms with Crippen LogP contribution in [0.5, 0.6) is 0 Å². The number of alkyl carbamates (subject to hydrolysis) is 1. The second-order valence-electron chi connectivity index (χ2n) is 7.98. The number of nitrogens with one attached hydrogen (secondary N) is 1. The van der Waals surface area contributed by atoms with Gasteiger partial charge in [0.15, 0.2) is 0 Å². The minimum atomic E-state index is -0.626. The highest BCUT2D eigenvalue weighted by molar-refractivity contribution is 5.68. The van der Waals surface area contributed by atoms with Gasteiger partial charge in [-0.1, -0.05) is 0 Å². The van der Waals surface area contributed by atoms with E-state index in [-0.39, 0.29) is 11.7 Å². The van der Waals surface area contributed by atoms with E-state index in [0.29, 0.717) is 31.7 Å². The normalized spacial score (nSPS) is 23.6. The second kappa shape index (κ2) is 7.71. The first-order valence-corrected chi connectivity index (χ1v) is 8.93. The molecule has 1 aliphatic heterocycles. The van der Waals surface area contributed by atoms with Gasteiger partial charge in [0.25, 0.3) is 0 Å². The van der Waals surface area contributed by atoms with Crippen LogP contribution in [-0.2, 0) is 16.5 Å². The van der Waals surface area contributed by atoms with Crippen molar-refractivity contribution >= 4 is 17.6 Å². The van der Waals surface area contributed by atoms with E-state index in [4.69, 9.17) is 9.47 Å². The molecular weight excluding hydrogens is 354 g/mol. The standard InChI is InChI=1S/C17H29N5O5/c1-16(2,3)27-15(23)19-13-7-9-21(10-8-17(13,4)26-6)14-12(22(24)25)11-18-20(14)5/h11,13H,7-10H2,1-6H3,(H,19,23). The predicted octanol–water partition coefficient (Wildman–Crippen LogP) is 2.23. The number of aromatic nitrogens is 2. The average molecular weight is 383 g/mol. The van der Waals surface area contributed by atoms with Gasteiger partial charge in [0, 0.05) is 27.2 Å². The van der Waals surface area contributed by atoms with Gasteiger partial charge in [0.1, 0.15) is 11.8 Å². The summed E-state index contributed by atoms with van der Waals surface area (Å²) in [6.07, 6.45) is 1.88. The number of nitro groups is 1. The van der Waals surface area contributed by atoms with Crippen LogP contribution in [0.2, 0.25) is 0 Å². The maximum Gasteiger partial charge on any atom is 0.407 e. The molecule has 0 saturated carbocycles. The van der Waals surface area contributed by atoms with Gasteiger partial charge in [-0.15, -0.1) is 0 Å². The summed E-state index contributed by atoms with van der Waals surface area (Å²) < 4.78 is 12.6. The number of aryl methyl sites for hydroxylation is 1. The van der Waals surface area contributed by atoms with Gasteiger partial charge < -0.3 is 19.7 Å². The summed E-state index contributed by atoms with van der Waals surface area (Å²) in [6.45, 7) is 8.39. The zero-order valence-electron chi connectivity index (χ0n) is 16.8. The quantitative estimate of drug-likeness (QED) is 0.627. The number of carbonyl (C=O) groups is 1. The molecule has 0 radical (unpaired) electrons. The first kappa shape index (κ1) is 20.9. The lowest BCUT2D eigenvalue weighted by Crippen LogP contribution is -2.52. The van der Waals surface area contributed by atoms with Crippen LogP contribution in [-0.4, -0.2) is 58.2 Å². The zero-order valence-corrected chi connectivity index (χ0v) is 16.8. The number of nitrogens with zero attached hydrogens (tertiary/aromatic N) is 4. The van der Waals surface area contributed by atoms with Crippen LogP contribution in [0.15, 0.2) is 6.20 Å². The summed E-state index contributed by atoms with van der Waals surface area (Å²) in [4.78, 5) is 25.0. The Bertz CT molecular complexity index is 698.